The highest BCUT2D eigenvalue weighted by atomic mass is 16.6. The van der Waals surface area contributed by atoms with Gasteiger partial charge in [0, 0.05) is 13.3 Å². The fourth-order valence-corrected chi connectivity index (χ4v) is 2.20. The number of rotatable bonds is 7. The Kier molecular flexibility index (Phi) is 6.75. The van der Waals surface area contributed by atoms with Crippen molar-refractivity contribution in [1.29, 1.82) is 0 Å². The minimum atomic E-state index is -1.88. The first-order valence-corrected chi connectivity index (χ1v) is 7.54. The summed E-state index contributed by atoms with van der Waals surface area (Å²) in [4.78, 5) is 36.5. The van der Waals surface area contributed by atoms with E-state index in [4.69, 9.17) is 9.47 Å². The van der Waals surface area contributed by atoms with Crippen LogP contribution in [0.5, 0.6) is 0 Å². The van der Waals surface area contributed by atoms with Gasteiger partial charge in [0.15, 0.2) is 0 Å². The fraction of sp³-hybridized carbons (Fsp3) is 0.471. The molecule has 6 heteroatoms. The molecule has 23 heavy (non-hydrogen) atoms. The first kappa shape index (κ1) is 18.7. The topological polar surface area (TPSA) is 81.7 Å². The number of ether oxygens (including phenoxy) is 2. The summed E-state index contributed by atoms with van der Waals surface area (Å²) in [7, 11) is 0. The number of nitrogens with one attached hydrogen (secondary N) is 1. The Bertz CT molecular complexity index is 547. The minimum absolute atomic E-state index is 0.0372. The molecular weight excluding hydrogens is 298 g/mol. The number of aryl methyl sites for hydroxylation is 1. The van der Waals surface area contributed by atoms with Crippen molar-refractivity contribution in [2.75, 3.05) is 13.2 Å². The van der Waals surface area contributed by atoms with Gasteiger partial charge < -0.3 is 14.8 Å². The molecule has 0 radical (unpaired) electrons. The van der Waals surface area contributed by atoms with Crippen molar-refractivity contribution < 1.29 is 23.9 Å². The zero-order valence-electron chi connectivity index (χ0n) is 14.0. The van der Waals surface area contributed by atoms with Crippen LogP contribution in [-0.2, 0) is 30.3 Å². The molecule has 0 heterocycles. The van der Waals surface area contributed by atoms with Crippen LogP contribution in [-0.4, -0.2) is 36.6 Å². The Balaban J connectivity index is 3.28. The second-order valence-corrected chi connectivity index (χ2v) is 5.19. The van der Waals surface area contributed by atoms with Gasteiger partial charge in [0.05, 0.1) is 13.2 Å². The van der Waals surface area contributed by atoms with Gasteiger partial charge in [-0.1, -0.05) is 29.8 Å². The van der Waals surface area contributed by atoms with Gasteiger partial charge in [0.25, 0.3) is 0 Å². The monoisotopic (exact) mass is 321 g/mol. The smallest absolute Gasteiger partial charge is 0.344 e. The molecule has 0 saturated heterocycles. The summed E-state index contributed by atoms with van der Waals surface area (Å²) in [5, 5.41) is 2.44. The average molecular weight is 321 g/mol. The fourth-order valence-electron chi connectivity index (χ4n) is 2.20. The third-order valence-electron chi connectivity index (χ3n) is 3.23. The molecule has 0 fully saturated rings. The summed E-state index contributed by atoms with van der Waals surface area (Å²) in [5.74, 6) is -2.17. The Labute approximate surface area is 136 Å². The van der Waals surface area contributed by atoms with Crippen molar-refractivity contribution in [3.63, 3.8) is 0 Å². The summed E-state index contributed by atoms with van der Waals surface area (Å²) in [5.41, 5.74) is -0.121. The van der Waals surface area contributed by atoms with Crippen molar-refractivity contribution in [3.8, 4) is 0 Å². The van der Waals surface area contributed by atoms with Gasteiger partial charge in [0.2, 0.25) is 11.4 Å². The molecule has 0 bridgehead atoms. The highest BCUT2D eigenvalue weighted by Gasteiger charge is 2.50. The zero-order valence-corrected chi connectivity index (χ0v) is 14.0. The van der Waals surface area contributed by atoms with Crippen LogP contribution in [0.25, 0.3) is 0 Å². The molecule has 0 unspecified atom stereocenters. The molecular formula is C17H23NO5. The van der Waals surface area contributed by atoms with Crippen LogP contribution in [0, 0.1) is 6.92 Å². The number of carbonyl (C=O) groups is 3. The van der Waals surface area contributed by atoms with Crippen LogP contribution >= 0.6 is 0 Å². The number of esters is 2. The van der Waals surface area contributed by atoms with Crippen LogP contribution in [0.1, 0.15) is 31.9 Å². The van der Waals surface area contributed by atoms with E-state index in [0.29, 0.717) is 5.56 Å². The molecule has 1 rings (SSSR count). The number of hydrogen-bond acceptors (Lipinski definition) is 5. The van der Waals surface area contributed by atoms with E-state index >= 15 is 0 Å². The predicted molar refractivity (Wildman–Crippen MR) is 84.7 cm³/mol. The molecule has 0 aliphatic rings. The molecule has 0 spiro atoms. The van der Waals surface area contributed by atoms with Gasteiger partial charge in [-0.3, -0.25) is 4.79 Å². The van der Waals surface area contributed by atoms with E-state index in [9.17, 15) is 14.4 Å². The summed E-state index contributed by atoms with van der Waals surface area (Å²) in [6.07, 6.45) is -0.0372. The third-order valence-corrected chi connectivity index (χ3v) is 3.23. The van der Waals surface area contributed by atoms with Crippen molar-refractivity contribution in [2.24, 2.45) is 0 Å². The highest BCUT2D eigenvalue weighted by Crippen LogP contribution is 2.19. The van der Waals surface area contributed by atoms with E-state index in [1.807, 2.05) is 19.1 Å². The molecule has 1 aromatic rings. The van der Waals surface area contributed by atoms with Crippen molar-refractivity contribution >= 4 is 17.8 Å². The molecule has 0 aliphatic carbocycles. The quantitative estimate of drug-likeness (QED) is 0.608. The van der Waals surface area contributed by atoms with E-state index in [2.05, 4.69) is 5.32 Å². The van der Waals surface area contributed by atoms with Crippen LogP contribution in [0.2, 0.25) is 0 Å². The SMILES string of the molecule is CCOC(=O)C(Cc1ccc(C)cc1)(NC(C)=O)C(=O)OCC. The minimum Gasteiger partial charge on any atom is -0.464 e. The molecule has 1 N–H and O–H groups in total. The molecule has 0 saturated carbocycles. The lowest BCUT2D eigenvalue weighted by Gasteiger charge is -2.29. The van der Waals surface area contributed by atoms with Gasteiger partial charge in [0.1, 0.15) is 0 Å². The third kappa shape index (κ3) is 4.81. The largest absolute Gasteiger partial charge is 0.464 e. The molecule has 6 nitrogen and oxygen atoms in total. The van der Waals surface area contributed by atoms with Gasteiger partial charge in [-0.05, 0) is 26.3 Å². The van der Waals surface area contributed by atoms with E-state index < -0.39 is 23.4 Å². The van der Waals surface area contributed by atoms with E-state index in [1.165, 1.54) is 6.92 Å². The highest BCUT2D eigenvalue weighted by molar-refractivity contribution is 6.08. The van der Waals surface area contributed by atoms with Crippen LogP contribution < -0.4 is 5.32 Å². The Morgan fingerprint density at radius 3 is 1.87 bits per heavy atom. The maximum Gasteiger partial charge on any atom is 0.344 e. The first-order chi connectivity index (χ1) is 10.9. The number of benzene rings is 1. The molecule has 0 atom stereocenters. The van der Waals surface area contributed by atoms with Gasteiger partial charge in [-0.15, -0.1) is 0 Å². The molecule has 0 aliphatic heterocycles. The molecule has 1 amide bonds. The van der Waals surface area contributed by atoms with Crippen LogP contribution in [0.4, 0.5) is 0 Å². The normalized spacial score (nSPS) is 10.8. The van der Waals surface area contributed by atoms with Gasteiger partial charge >= 0.3 is 11.9 Å². The van der Waals surface area contributed by atoms with E-state index in [0.717, 1.165) is 5.56 Å². The second kappa shape index (κ2) is 8.31. The Morgan fingerprint density at radius 2 is 1.48 bits per heavy atom. The number of amides is 1. The second-order valence-electron chi connectivity index (χ2n) is 5.19. The Morgan fingerprint density at radius 1 is 1.00 bits per heavy atom. The first-order valence-electron chi connectivity index (χ1n) is 7.54. The lowest BCUT2D eigenvalue weighted by molar-refractivity contribution is -0.168. The van der Waals surface area contributed by atoms with E-state index in [1.54, 1.807) is 26.0 Å². The standard InChI is InChI=1S/C17H23NO5/c1-5-22-15(20)17(18-13(4)19,16(21)23-6-2)11-14-9-7-12(3)8-10-14/h7-10H,5-6,11H2,1-4H3,(H,18,19). The Hall–Kier alpha value is -2.37. The van der Waals surface area contributed by atoms with Crippen molar-refractivity contribution in [2.45, 2.75) is 39.7 Å². The van der Waals surface area contributed by atoms with Gasteiger partial charge in [-0.25, -0.2) is 9.59 Å². The van der Waals surface area contributed by atoms with Crippen molar-refractivity contribution in [3.05, 3.63) is 35.4 Å². The summed E-state index contributed by atoms with van der Waals surface area (Å²) >= 11 is 0. The average Bonchev–Trinajstić information content (AvgIpc) is 2.48. The summed E-state index contributed by atoms with van der Waals surface area (Å²) in [6.45, 7) is 6.62. The number of carbonyl (C=O) groups excluding carboxylic acids is 3. The summed E-state index contributed by atoms with van der Waals surface area (Å²) < 4.78 is 10.0. The lowest BCUT2D eigenvalue weighted by atomic mass is 9.90. The predicted octanol–water partition coefficient (Wildman–Crippen LogP) is 1.54. The maximum absolute atomic E-state index is 12.5. The molecule has 0 aromatic heterocycles. The van der Waals surface area contributed by atoms with Crippen molar-refractivity contribution in [1.82, 2.24) is 5.32 Å². The van der Waals surface area contributed by atoms with Crippen LogP contribution in [0.3, 0.4) is 0 Å². The van der Waals surface area contributed by atoms with E-state index in [-0.39, 0.29) is 19.6 Å². The molecule has 1 aromatic carbocycles. The maximum atomic E-state index is 12.5. The molecule has 126 valence electrons. The zero-order chi connectivity index (χ0) is 17.5. The number of hydrogen-bond donors (Lipinski definition) is 1. The summed E-state index contributed by atoms with van der Waals surface area (Å²) in [6, 6.07) is 7.32. The lowest BCUT2D eigenvalue weighted by Crippen LogP contribution is -2.62. The van der Waals surface area contributed by atoms with Gasteiger partial charge in [-0.2, -0.15) is 0 Å². The van der Waals surface area contributed by atoms with Crippen LogP contribution in [0.15, 0.2) is 24.3 Å².